The number of halogens is 1. The maximum Gasteiger partial charge on any atom is 0.181 e. The van der Waals surface area contributed by atoms with E-state index in [1.807, 2.05) is 31.2 Å². The lowest BCUT2D eigenvalue weighted by Gasteiger charge is -2.03. The zero-order valence-electron chi connectivity index (χ0n) is 17.3. The normalized spacial score (nSPS) is 12.2. The van der Waals surface area contributed by atoms with E-state index in [9.17, 15) is 4.39 Å². The van der Waals surface area contributed by atoms with Gasteiger partial charge in [-0.05, 0) is 30.7 Å². The Bertz CT molecular complexity index is 1520. The summed E-state index contributed by atoms with van der Waals surface area (Å²) in [6.45, 7) is 5.57. The number of hydrogen-bond donors (Lipinski definition) is 2. The number of benzene rings is 1. The number of nitrogens with one attached hydrogen (secondary N) is 2. The van der Waals surface area contributed by atoms with Crippen LogP contribution in [0, 0.1) is 5.82 Å². The largest absolute Gasteiger partial charge is 0.352 e. The number of hydrogen-bond acceptors (Lipinski definition) is 4. The van der Waals surface area contributed by atoms with Crippen LogP contribution in [0.2, 0.25) is 0 Å². The highest BCUT2D eigenvalue weighted by atomic mass is 19.1. The minimum atomic E-state index is -0.287. The van der Waals surface area contributed by atoms with Gasteiger partial charge in [0.1, 0.15) is 5.82 Å². The van der Waals surface area contributed by atoms with Crippen LogP contribution in [-0.4, -0.2) is 31.4 Å². The number of aromatic nitrogens is 5. The number of rotatable bonds is 5. The van der Waals surface area contributed by atoms with Crippen LogP contribution in [0.5, 0.6) is 0 Å². The van der Waals surface area contributed by atoms with Crippen LogP contribution in [0.1, 0.15) is 12.5 Å². The summed E-state index contributed by atoms with van der Waals surface area (Å²) in [4.78, 5) is 16.3. The van der Waals surface area contributed by atoms with E-state index in [4.69, 9.17) is 0 Å². The molecule has 0 fully saturated rings. The standard InChI is InChI=1S/C25H19FN6/c1-3-15(11-27-4-2)16-9-19-24(31-32-25(19)29-12-16)22-10-18-20(13-28-14-23(18)30-22)17-7-5-6-8-21(17)26/h3-14,30H,2H2,1H3,(H,29,31,32)/b15-3+,27-11?. The third-order valence-corrected chi connectivity index (χ3v) is 5.35. The number of aromatic amines is 2. The van der Waals surface area contributed by atoms with Gasteiger partial charge in [-0.15, -0.1) is 0 Å². The average Bonchev–Trinajstić information content (AvgIpc) is 3.43. The van der Waals surface area contributed by atoms with Crippen molar-refractivity contribution in [3.05, 3.63) is 85.2 Å². The molecule has 0 atom stereocenters. The molecule has 0 unspecified atom stereocenters. The van der Waals surface area contributed by atoms with Crippen molar-refractivity contribution in [2.75, 3.05) is 0 Å². The van der Waals surface area contributed by atoms with Crippen molar-refractivity contribution in [3.63, 3.8) is 0 Å². The van der Waals surface area contributed by atoms with E-state index in [1.54, 1.807) is 36.9 Å². The molecule has 156 valence electrons. The molecule has 4 heterocycles. The molecule has 0 bridgehead atoms. The van der Waals surface area contributed by atoms with Crippen LogP contribution < -0.4 is 0 Å². The summed E-state index contributed by atoms with van der Waals surface area (Å²) in [7, 11) is 0. The molecule has 0 spiro atoms. The first kappa shape index (κ1) is 19.6. The van der Waals surface area contributed by atoms with E-state index in [1.165, 1.54) is 12.3 Å². The third kappa shape index (κ3) is 3.30. The van der Waals surface area contributed by atoms with Gasteiger partial charge in [0.15, 0.2) is 5.65 Å². The number of nitrogens with zero attached hydrogens (tertiary/aromatic N) is 4. The molecule has 0 radical (unpaired) electrons. The molecule has 4 aromatic heterocycles. The predicted octanol–water partition coefficient (Wildman–Crippen LogP) is 5.92. The van der Waals surface area contributed by atoms with Gasteiger partial charge < -0.3 is 4.98 Å². The van der Waals surface area contributed by atoms with E-state index in [0.29, 0.717) is 11.2 Å². The van der Waals surface area contributed by atoms with Gasteiger partial charge >= 0.3 is 0 Å². The van der Waals surface area contributed by atoms with Crippen LogP contribution in [-0.2, 0) is 0 Å². The van der Waals surface area contributed by atoms with Gasteiger partial charge in [-0.25, -0.2) is 9.37 Å². The summed E-state index contributed by atoms with van der Waals surface area (Å²) >= 11 is 0. The quantitative estimate of drug-likeness (QED) is 0.345. The molecule has 0 aliphatic rings. The van der Waals surface area contributed by atoms with Gasteiger partial charge in [-0.1, -0.05) is 30.9 Å². The fraction of sp³-hybridized carbons (Fsp3) is 0.0400. The molecule has 7 heteroatoms. The van der Waals surface area contributed by atoms with Crippen LogP contribution in [0.15, 0.2) is 78.8 Å². The Morgan fingerprint density at radius 2 is 1.97 bits per heavy atom. The second-order valence-corrected chi connectivity index (χ2v) is 7.21. The van der Waals surface area contributed by atoms with Crippen molar-refractivity contribution in [1.29, 1.82) is 0 Å². The van der Waals surface area contributed by atoms with Gasteiger partial charge in [-0.3, -0.25) is 15.1 Å². The predicted molar refractivity (Wildman–Crippen MR) is 127 cm³/mol. The van der Waals surface area contributed by atoms with E-state index in [-0.39, 0.29) is 5.82 Å². The molecular weight excluding hydrogens is 403 g/mol. The highest BCUT2D eigenvalue weighted by Crippen LogP contribution is 2.34. The maximum atomic E-state index is 14.4. The van der Waals surface area contributed by atoms with Crippen molar-refractivity contribution in [2.45, 2.75) is 6.92 Å². The number of aliphatic imine (C=N–C) groups is 1. The fourth-order valence-corrected chi connectivity index (χ4v) is 3.79. The highest BCUT2D eigenvalue weighted by molar-refractivity contribution is 6.11. The topological polar surface area (TPSA) is 82.6 Å². The number of pyridine rings is 2. The molecular formula is C25H19FN6. The summed E-state index contributed by atoms with van der Waals surface area (Å²) < 4.78 is 14.4. The zero-order chi connectivity index (χ0) is 22.1. The first-order valence-corrected chi connectivity index (χ1v) is 10.1. The number of allylic oxidation sites excluding steroid dienone is 2. The first-order valence-electron chi connectivity index (χ1n) is 10.1. The second-order valence-electron chi connectivity index (χ2n) is 7.21. The molecule has 0 amide bonds. The van der Waals surface area contributed by atoms with E-state index < -0.39 is 0 Å². The maximum absolute atomic E-state index is 14.4. The van der Waals surface area contributed by atoms with Crippen molar-refractivity contribution in [1.82, 2.24) is 25.1 Å². The lowest BCUT2D eigenvalue weighted by Crippen LogP contribution is -1.88. The van der Waals surface area contributed by atoms with Crippen molar-refractivity contribution in [3.8, 4) is 22.5 Å². The third-order valence-electron chi connectivity index (χ3n) is 5.35. The minimum Gasteiger partial charge on any atom is -0.352 e. The molecule has 0 saturated heterocycles. The Morgan fingerprint density at radius 1 is 1.09 bits per heavy atom. The highest BCUT2D eigenvalue weighted by Gasteiger charge is 2.16. The Morgan fingerprint density at radius 3 is 2.78 bits per heavy atom. The summed E-state index contributed by atoms with van der Waals surface area (Å²) in [5.74, 6) is -0.287. The molecule has 0 aliphatic carbocycles. The molecule has 6 nitrogen and oxygen atoms in total. The Hall–Kier alpha value is -4.39. The van der Waals surface area contributed by atoms with Gasteiger partial charge in [-0.2, -0.15) is 5.10 Å². The van der Waals surface area contributed by atoms with Gasteiger partial charge in [0.2, 0.25) is 0 Å². The van der Waals surface area contributed by atoms with Gasteiger partial charge in [0.05, 0.1) is 23.1 Å². The van der Waals surface area contributed by atoms with E-state index in [0.717, 1.165) is 44.4 Å². The zero-order valence-corrected chi connectivity index (χ0v) is 17.3. The average molecular weight is 422 g/mol. The first-order chi connectivity index (χ1) is 15.7. The Labute approximate surface area is 183 Å². The second kappa shape index (κ2) is 8.03. The molecule has 32 heavy (non-hydrogen) atoms. The van der Waals surface area contributed by atoms with Gasteiger partial charge in [0.25, 0.3) is 0 Å². The Kier molecular flexibility index (Phi) is 4.91. The minimum absolute atomic E-state index is 0.287. The van der Waals surface area contributed by atoms with Crippen LogP contribution in [0.25, 0.3) is 50.0 Å². The Balaban J connectivity index is 1.66. The summed E-state index contributed by atoms with van der Waals surface area (Å²) in [5, 5.41) is 9.16. The lowest BCUT2D eigenvalue weighted by molar-refractivity contribution is 0.631. The van der Waals surface area contributed by atoms with Crippen LogP contribution in [0.3, 0.4) is 0 Å². The monoisotopic (exact) mass is 422 g/mol. The van der Waals surface area contributed by atoms with Gasteiger partial charge in [0, 0.05) is 52.3 Å². The summed E-state index contributed by atoms with van der Waals surface area (Å²) in [6.07, 6.45) is 10.4. The van der Waals surface area contributed by atoms with Crippen LogP contribution in [0.4, 0.5) is 4.39 Å². The molecule has 0 aliphatic heterocycles. The van der Waals surface area contributed by atoms with E-state index >= 15 is 0 Å². The molecule has 5 rings (SSSR count). The van der Waals surface area contributed by atoms with Crippen molar-refractivity contribution < 1.29 is 4.39 Å². The van der Waals surface area contributed by atoms with Crippen molar-refractivity contribution >= 4 is 33.7 Å². The van der Waals surface area contributed by atoms with Crippen LogP contribution >= 0.6 is 0 Å². The summed E-state index contributed by atoms with van der Waals surface area (Å²) in [5.41, 5.74) is 6.09. The van der Waals surface area contributed by atoms with Crippen molar-refractivity contribution in [2.24, 2.45) is 4.99 Å². The fourth-order valence-electron chi connectivity index (χ4n) is 3.79. The molecule has 0 saturated carbocycles. The summed E-state index contributed by atoms with van der Waals surface area (Å²) in [6, 6.07) is 10.7. The molecule has 5 aromatic rings. The number of fused-ring (bicyclic) bond motifs is 2. The molecule has 2 N–H and O–H groups in total. The number of H-pyrrole nitrogens is 2. The SMILES string of the molecule is C=CN=C/C(=C\C)c1cnc2n[nH]c(-c3cc4c(-c5ccccc5F)cncc4[nH]3)c2c1. The lowest BCUT2D eigenvalue weighted by atomic mass is 10.0. The smallest absolute Gasteiger partial charge is 0.181 e. The molecule has 1 aromatic carbocycles. The van der Waals surface area contributed by atoms with E-state index in [2.05, 4.69) is 36.7 Å².